The van der Waals surface area contributed by atoms with Crippen molar-refractivity contribution < 1.29 is 9.47 Å². The Labute approximate surface area is 117 Å². The summed E-state index contributed by atoms with van der Waals surface area (Å²) in [5.74, 6) is 7.89. The molecule has 0 aliphatic heterocycles. The van der Waals surface area contributed by atoms with Gasteiger partial charge in [0.2, 0.25) is 5.88 Å². The summed E-state index contributed by atoms with van der Waals surface area (Å²) in [5.41, 5.74) is 3.51. The Morgan fingerprint density at radius 2 is 2.10 bits per heavy atom. The van der Waals surface area contributed by atoms with E-state index in [1.807, 2.05) is 31.2 Å². The third-order valence-corrected chi connectivity index (χ3v) is 2.73. The highest BCUT2D eigenvalue weighted by atomic mass is 16.5. The maximum atomic E-state index is 5.67. The molecule has 20 heavy (non-hydrogen) atoms. The van der Waals surface area contributed by atoms with E-state index in [9.17, 15) is 0 Å². The molecule has 6 nitrogen and oxygen atoms in total. The van der Waals surface area contributed by atoms with Gasteiger partial charge in [0.25, 0.3) is 0 Å². The molecular formula is C14H18N4O2. The van der Waals surface area contributed by atoms with Crippen molar-refractivity contribution in [2.75, 3.05) is 12.5 Å². The molecular weight excluding hydrogens is 256 g/mol. The molecule has 2 rings (SSSR count). The van der Waals surface area contributed by atoms with Crippen molar-refractivity contribution in [2.45, 2.75) is 20.0 Å². The standard InChI is InChI=1S/C14H18N4O2/c1-3-12-16-13(18-15)8-14(17-12)20-9-10-5-4-6-11(7-10)19-2/h4-8H,3,9,15H2,1-2H3,(H,16,17,18). The second-order valence-corrected chi connectivity index (χ2v) is 4.15. The van der Waals surface area contributed by atoms with Gasteiger partial charge in [-0.25, -0.2) is 10.8 Å². The molecule has 2 aromatic rings. The molecule has 0 radical (unpaired) electrons. The number of hydrazine groups is 1. The minimum atomic E-state index is 0.404. The summed E-state index contributed by atoms with van der Waals surface area (Å²) in [5, 5.41) is 0. The smallest absolute Gasteiger partial charge is 0.219 e. The number of nitrogens with zero attached hydrogens (tertiary/aromatic N) is 2. The number of aryl methyl sites for hydroxylation is 1. The largest absolute Gasteiger partial charge is 0.497 e. The van der Waals surface area contributed by atoms with Crippen LogP contribution in [0, 0.1) is 0 Å². The van der Waals surface area contributed by atoms with Crippen LogP contribution in [-0.2, 0) is 13.0 Å². The third-order valence-electron chi connectivity index (χ3n) is 2.73. The molecule has 0 unspecified atom stereocenters. The van der Waals surface area contributed by atoms with Gasteiger partial charge in [-0.3, -0.25) is 0 Å². The van der Waals surface area contributed by atoms with Crippen LogP contribution < -0.4 is 20.7 Å². The molecule has 6 heteroatoms. The summed E-state index contributed by atoms with van der Waals surface area (Å²) < 4.78 is 10.8. The number of nitrogen functional groups attached to an aromatic ring is 1. The number of ether oxygens (including phenoxy) is 2. The van der Waals surface area contributed by atoms with Crippen LogP contribution in [0.2, 0.25) is 0 Å². The first kappa shape index (κ1) is 14.1. The Hall–Kier alpha value is -2.34. The zero-order valence-corrected chi connectivity index (χ0v) is 11.6. The second kappa shape index (κ2) is 6.72. The molecule has 0 spiro atoms. The lowest BCUT2D eigenvalue weighted by atomic mass is 10.2. The Morgan fingerprint density at radius 1 is 1.25 bits per heavy atom. The number of nitrogens with two attached hydrogens (primary N) is 1. The van der Waals surface area contributed by atoms with E-state index < -0.39 is 0 Å². The topological polar surface area (TPSA) is 82.3 Å². The molecule has 0 fully saturated rings. The fraction of sp³-hybridized carbons (Fsp3) is 0.286. The molecule has 0 amide bonds. The maximum Gasteiger partial charge on any atom is 0.219 e. The van der Waals surface area contributed by atoms with Crippen LogP contribution in [0.15, 0.2) is 30.3 Å². The minimum Gasteiger partial charge on any atom is -0.497 e. The van der Waals surface area contributed by atoms with Crippen LogP contribution in [0.4, 0.5) is 5.82 Å². The van der Waals surface area contributed by atoms with Crippen molar-refractivity contribution in [1.82, 2.24) is 9.97 Å². The molecule has 1 aromatic heterocycles. The van der Waals surface area contributed by atoms with Crippen LogP contribution in [0.25, 0.3) is 0 Å². The third kappa shape index (κ3) is 3.58. The summed E-state index contributed by atoms with van der Waals surface area (Å²) in [4.78, 5) is 8.50. The van der Waals surface area contributed by atoms with Crippen LogP contribution in [0.3, 0.4) is 0 Å². The molecule has 1 aromatic carbocycles. The molecule has 0 saturated heterocycles. The Balaban J connectivity index is 2.09. The van der Waals surface area contributed by atoms with Crippen molar-refractivity contribution in [3.63, 3.8) is 0 Å². The molecule has 0 saturated carbocycles. The zero-order chi connectivity index (χ0) is 14.4. The number of hydrogen-bond donors (Lipinski definition) is 2. The van der Waals surface area contributed by atoms with Gasteiger partial charge < -0.3 is 14.9 Å². The molecule has 0 bridgehead atoms. The summed E-state index contributed by atoms with van der Waals surface area (Å²) >= 11 is 0. The SMILES string of the molecule is CCc1nc(NN)cc(OCc2cccc(OC)c2)n1. The van der Waals surface area contributed by atoms with Crippen molar-refractivity contribution in [3.8, 4) is 11.6 Å². The van der Waals surface area contributed by atoms with E-state index in [0.29, 0.717) is 30.5 Å². The quantitative estimate of drug-likeness (QED) is 0.618. The van der Waals surface area contributed by atoms with E-state index in [1.54, 1.807) is 13.2 Å². The van der Waals surface area contributed by atoms with Crippen LogP contribution in [0.1, 0.15) is 18.3 Å². The number of anilines is 1. The lowest BCUT2D eigenvalue weighted by Crippen LogP contribution is -2.11. The number of aromatic nitrogens is 2. The summed E-state index contributed by atoms with van der Waals surface area (Å²) in [6.07, 6.45) is 0.713. The number of rotatable bonds is 6. The van der Waals surface area contributed by atoms with E-state index >= 15 is 0 Å². The van der Waals surface area contributed by atoms with Gasteiger partial charge in [0.1, 0.15) is 24.0 Å². The Bertz CT molecular complexity index is 553. The first-order chi connectivity index (χ1) is 9.75. The maximum absolute atomic E-state index is 5.67. The number of methoxy groups -OCH3 is 1. The van der Waals surface area contributed by atoms with Gasteiger partial charge in [0.15, 0.2) is 0 Å². The first-order valence-corrected chi connectivity index (χ1v) is 6.35. The fourth-order valence-electron chi connectivity index (χ4n) is 1.70. The van der Waals surface area contributed by atoms with E-state index in [-0.39, 0.29) is 0 Å². The highest BCUT2D eigenvalue weighted by Crippen LogP contribution is 2.17. The number of nitrogens with one attached hydrogen (secondary N) is 1. The molecule has 0 aliphatic carbocycles. The monoisotopic (exact) mass is 274 g/mol. The van der Waals surface area contributed by atoms with Gasteiger partial charge in [-0.15, -0.1) is 0 Å². The summed E-state index contributed by atoms with van der Waals surface area (Å²) in [6.45, 7) is 2.38. The van der Waals surface area contributed by atoms with Gasteiger partial charge in [-0.05, 0) is 17.7 Å². The Morgan fingerprint density at radius 3 is 2.80 bits per heavy atom. The van der Waals surface area contributed by atoms with E-state index in [1.165, 1.54) is 0 Å². The van der Waals surface area contributed by atoms with E-state index in [2.05, 4.69) is 15.4 Å². The van der Waals surface area contributed by atoms with Crippen molar-refractivity contribution in [1.29, 1.82) is 0 Å². The van der Waals surface area contributed by atoms with Gasteiger partial charge in [-0.1, -0.05) is 19.1 Å². The minimum absolute atomic E-state index is 0.404. The van der Waals surface area contributed by atoms with Gasteiger partial charge >= 0.3 is 0 Å². The van der Waals surface area contributed by atoms with Gasteiger partial charge in [-0.2, -0.15) is 4.98 Å². The summed E-state index contributed by atoms with van der Waals surface area (Å²) in [6, 6.07) is 9.36. The molecule has 0 aliphatic rings. The Kier molecular flexibility index (Phi) is 4.73. The molecule has 0 atom stereocenters. The molecule has 106 valence electrons. The van der Waals surface area contributed by atoms with Crippen molar-refractivity contribution >= 4 is 5.82 Å². The molecule has 3 N–H and O–H groups in total. The average Bonchev–Trinajstić information content (AvgIpc) is 2.52. The highest BCUT2D eigenvalue weighted by molar-refractivity contribution is 5.37. The van der Waals surface area contributed by atoms with E-state index in [0.717, 1.165) is 11.3 Å². The fourth-order valence-corrected chi connectivity index (χ4v) is 1.70. The lowest BCUT2D eigenvalue weighted by Gasteiger charge is -2.09. The summed E-state index contributed by atoms with van der Waals surface area (Å²) in [7, 11) is 1.64. The van der Waals surface area contributed by atoms with Crippen LogP contribution in [0.5, 0.6) is 11.6 Å². The molecule has 1 heterocycles. The predicted octanol–water partition coefficient (Wildman–Crippen LogP) is 1.91. The van der Waals surface area contributed by atoms with Crippen molar-refractivity contribution in [3.05, 3.63) is 41.7 Å². The number of hydrogen-bond acceptors (Lipinski definition) is 6. The van der Waals surface area contributed by atoms with E-state index in [4.69, 9.17) is 15.3 Å². The first-order valence-electron chi connectivity index (χ1n) is 6.35. The second-order valence-electron chi connectivity index (χ2n) is 4.15. The van der Waals surface area contributed by atoms with Crippen LogP contribution >= 0.6 is 0 Å². The number of benzene rings is 1. The van der Waals surface area contributed by atoms with Crippen molar-refractivity contribution in [2.24, 2.45) is 5.84 Å². The predicted molar refractivity (Wildman–Crippen MR) is 76.5 cm³/mol. The average molecular weight is 274 g/mol. The van der Waals surface area contributed by atoms with Gasteiger partial charge in [0, 0.05) is 12.5 Å². The lowest BCUT2D eigenvalue weighted by molar-refractivity contribution is 0.291. The van der Waals surface area contributed by atoms with Crippen LogP contribution in [-0.4, -0.2) is 17.1 Å². The zero-order valence-electron chi connectivity index (χ0n) is 11.6. The van der Waals surface area contributed by atoms with Gasteiger partial charge in [0.05, 0.1) is 7.11 Å². The normalized spacial score (nSPS) is 10.2. The highest BCUT2D eigenvalue weighted by Gasteiger charge is 2.04.